The summed E-state index contributed by atoms with van der Waals surface area (Å²) >= 11 is 6.15. The molecule has 0 bridgehead atoms. The largest absolute Gasteiger partial charge is 0.507 e. The van der Waals surface area contributed by atoms with Gasteiger partial charge in [0.15, 0.2) is 0 Å². The van der Waals surface area contributed by atoms with Crippen molar-refractivity contribution >= 4 is 29.1 Å². The van der Waals surface area contributed by atoms with Crippen molar-refractivity contribution in [2.24, 2.45) is 0 Å². The first-order valence-corrected chi connectivity index (χ1v) is 10.8. The summed E-state index contributed by atoms with van der Waals surface area (Å²) in [5, 5.41) is 11.5. The Morgan fingerprint density at radius 2 is 1.84 bits per heavy atom. The van der Waals surface area contributed by atoms with E-state index in [9.17, 15) is 19.1 Å². The molecular formula is C24H23ClFNO4. The fourth-order valence-corrected chi connectivity index (χ4v) is 4.63. The average molecular weight is 444 g/mol. The first-order valence-electron chi connectivity index (χ1n) is 10.4. The lowest BCUT2D eigenvalue weighted by Gasteiger charge is -2.30. The van der Waals surface area contributed by atoms with Gasteiger partial charge in [-0.25, -0.2) is 4.39 Å². The standard InChI is InChI=1S/C24H23ClFNO4/c1-2-31-19-13-15(9-12-18(19)25)22(28)20-21(14-7-10-16(26)11-8-14)27(24(30)23(20)29)17-5-3-4-6-17/h7-13,17,21,28H,2-6H2,1H3/b22-20-. The van der Waals surface area contributed by atoms with Gasteiger partial charge in [0.25, 0.3) is 11.7 Å². The number of ether oxygens (including phenoxy) is 1. The molecule has 1 atom stereocenters. The van der Waals surface area contributed by atoms with Gasteiger partial charge in [0.1, 0.15) is 17.3 Å². The van der Waals surface area contributed by atoms with E-state index >= 15 is 0 Å². The molecular weight excluding hydrogens is 421 g/mol. The number of likely N-dealkylation sites (tertiary alicyclic amines) is 1. The number of rotatable bonds is 5. The molecule has 1 amide bonds. The molecule has 5 nitrogen and oxygen atoms in total. The molecule has 162 valence electrons. The van der Waals surface area contributed by atoms with Crippen molar-refractivity contribution in [1.82, 2.24) is 4.90 Å². The minimum absolute atomic E-state index is 0.00622. The fraction of sp³-hybridized carbons (Fsp3) is 0.333. The topological polar surface area (TPSA) is 66.8 Å². The molecule has 2 aromatic carbocycles. The highest BCUT2D eigenvalue weighted by Crippen LogP contribution is 2.44. The number of amides is 1. The van der Waals surface area contributed by atoms with Gasteiger partial charge in [-0.05, 0) is 55.7 Å². The van der Waals surface area contributed by atoms with Crippen LogP contribution in [0.3, 0.4) is 0 Å². The highest BCUT2D eigenvalue weighted by Gasteiger charge is 2.49. The van der Waals surface area contributed by atoms with Crippen molar-refractivity contribution in [1.29, 1.82) is 0 Å². The summed E-state index contributed by atoms with van der Waals surface area (Å²) in [4.78, 5) is 27.7. The van der Waals surface area contributed by atoms with E-state index in [2.05, 4.69) is 0 Å². The third kappa shape index (κ3) is 3.92. The third-order valence-electron chi connectivity index (χ3n) is 5.89. The van der Waals surface area contributed by atoms with Gasteiger partial charge in [-0.1, -0.05) is 36.6 Å². The van der Waals surface area contributed by atoms with Gasteiger partial charge >= 0.3 is 0 Å². The highest BCUT2D eigenvalue weighted by atomic mass is 35.5. The maximum Gasteiger partial charge on any atom is 0.295 e. The highest BCUT2D eigenvalue weighted by molar-refractivity contribution is 6.46. The number of ketones is 1. The number of nitrogens with zero attached hydrogens (tertiary/aromatic N) is 1. The molecule has 1 heterocycles. The molecule has 2 aromatic rings. The van der Waals surface area contributed by atoms with E-state index in [0.29, 0.717) is 28.5 Å². The quantitative estimate of drug-likeness (QED) is 0.389. The molecule has 0 radical (unpaired) electrons. The minimum atomic E-state index is -0.782. The van der Waals surface area contributed by atoms with E-state index in [-0.39, 0.29) is 17.4 Å². The Bertz CT molecular complexity index is 1040. The van der Waals surface area contributed by atoms with Crippen LogP contribution in [0.4, 0.5) is 4.39 Å². The zero-order chi connectivity index (χ0) is 22.1. The first-order chi connectivity index (χ1) is 14.9. The number of hydrogen-bond acceptors (Lipinski definition) is 4. The van der Waals surface area contributed by atoms with E-state index in [4.69, 9.17) is 16.3 Å². The van der Waals surface area contributed by atoms with Crippen molar-refractivity contribution < 1.29 is 23.8 Å². The number of benzene rings is 2. The molecule has 4 rings (SSSR count). The van der Waals surface area contributed by atoms with Crippen LogP contribution in [-0.2, 0) is 9.59 Å². The molecule has 0 aromatic heterocycles. The van der Waals surface area contributed by atoms with Crippen LogP contribution in [0, 0.1) is 5.82 Å². The lowest BCUT2D eigenvalue weighted by Crippen LogP contribution is -2.37. The van der Waals surface area contributed by atoms with Gasteiger partial charge in [0.2, 0.25) is 0 Å². The summed E-state index contributed by atoms with van der Waals surface area (Å²) in [5.74, 6) is -1.73. The summed E-state index contributed by atoms with van der Waals surface area (Å²) in [7, 11) is 0. The third-order valence-corrected chi connectivity index (χ3v) is 6.20. The van der Waals surface area contributed by atoms with Gasteiger partial charge < -0.3 is 14.7 Å². The molecule has 1 unspecified atom stereocenters. The molecule has 2 aliphatic rings. The van der Waals surface area contributed by atoms with Crippen LogP contribution in [-0.4, -0.2) is 34.3 Å². The van der Waals surface area contributed by atoms with Crippen molar-refractivity contribution in [3.63, 3.8) is 0 Å². The predicted octanol–water partition coefficient (Wildman–Crippen LogP) is 5.24. The second-order valence-electron chi connectivity index (χ2n) is 7.77. The maximum absolute atomic E-state index is 13.6. The van der Waals surface area contributed by atoms with Crippen molar-refractivity contribution in [3.8, 4) is 5.75 Å². The zero-order valence-corrected chi connectivity index (χ0v) is 17.9. The molecule has 1 aliphatic heterocycles. The van der Waals surface area contributed by atoms with Gasteiger partial charge in [-0.3, -0.25) is 9.59 Å². The molecule has 7 heteroatoms. The predicted molar refractivity (Wildman–Crippen MR) is 115 cm³/mol. The van der Waals surface area contributed by atoms with Crippen molar-refractivity contribution in [2.45, 2.75) is 44.7 Å². The molecule has 1 saturated carbocycles. The number of halogens is 2. The molecule has 1 saturated heterocycles. The zero-order valence-electron chi connectivity index (χ0n) is 17.1. The molecule has 31 heavy (non-hydrogen) atoms. The Balaban J connectivity index is 1.87. The van der Waals surface area contributed by atoms with E-state index in [1.54, 1.807) is 35.2 Å². The summed E-state index contributed by atoms with van der Waals surface area (Å²) in [6.07, 6.45) is 3.53. The minimum Gasteiger partial charge on any atom is -0.507 e. The van der Waals surface area contributed by atoms with Crippen molar-refractivity contribution in [3.05, 3.63) is 70.0 Å². The van der Waals surface area contributed by atoms with Crippen LogP contribution in [0.2, 0.25) is 5.02 Å². The Hall–Kier alpha value is -2.86. The molecule has 1 aliphatic carbocycles. The smallest absolute Gasteiger partial charge is 0.295 e. The number of carbonyl (C=O) groups is 2. The van der Waals surface area contributed by atoms with Crippen LogP contribution in [0.1, 0.15) is 49.8 Å². The van der Waals surface area contributed by atoms with Gasteiger partial charge in [-0.15, -0.1) is 0 Å². The molecule has 2 fully saturated rings. The molecule has 1 N–H and O–H groups in total. The van der Waals surface area contributed by atoms with Gasteiger partial charge in [-0.2, -0.15) is 0 Å². The van der Waals surface area contributed by atoms with E-state index in [0.717, 1.165) is 25.7 Å². The number of carbonyl (C=O) groups excluding carboxylic acids is 2. The second kappa shape index (κ2) is 8.71. The SMILES string of the molecule is CCOc1cc(/C(O)=C2/C(=O)C(=O)N(C3CCCC3)C2c2ccc(F)cc2)ccc1Cl. The number of aliphatic hydroxyl groups is 1. The van der Waals surface area contributed by atoms with Crippen LogP contribution < -0.4 is 4.74 Å². The summed E-state index contributed by atoms with van der Waals surface area (Å²) in [5.41, 5.74) is 0.894. The van der Waals surface area contributed by atoms with Crippen LogP contribution in [0.5, 0.6) is 5.75 Å². The Kier molecular flexibility index (Phi) is 6.01. The van der Waals surface area contributed by atoms with Crippen LogP contribution >= 0.6 is 11.6 Å². The molecule has 0 spiro atoms. The maximum atomic E-state index is 13.6. The Labute approximate surface area is 185 Å². The lowest BCUT2D eigenvalue weighted by molar-refractivity contribution is -0.141. The number of aliphatic hydroxyl groups excluding tert-OH is 1. The Morgan fingerprint density at radius 3 is 2.48 bits per heavy atom. The van der Waals surface area contributed by atoms with Crippen molar-refractivity contribution in [2.75, 3.05) is 6.61 Å². The Morgan fingerprint density at radius 1 is 1.16 bits per heavy atom. The summed E-state index contributed by atoms with van der Waals surface area (Å²) in [6, 6.07) is 9.50. The second-order valence-corrected chi connectivity index (χ2v) is 8.18. The average Bonchev–Trinajstić information content (AvgIpc) is 3.37. The first kappa shape index (κ1) is 21.4. The number of Topliss-reactive ketones (excluding diaryl/α,β-unsaturated/α-hetero) is 1. The fourth-order valence-electron chi connectivity index (χ4n) is 4.45. The van der Waals surface area contributed by atoms with Crippen LogP contribution in [0.15, 0.2) is 48.0 Å². The summed E-state index contributed by atoms with van der Waals surface area (Å²) in [6.45, 7) is 2.19. The van der Waals surface area contributed by atoms with Gasteiger partial charge in [0, 0.05) is 11.6 Å². The summed E-state index contributed by atoms with van der Waals surface area (Å²) < 4.78 is 19.1. The van der Waals surface area contributed by atoms with E-state index in [1.165, 1.54) is 12.1 Å². The van der Waals surface area contributed by atoms with E-state index in [1.807, 2.05) is 6.92 Å². The monoisotopic (exact) mass is 443 g/mol. The van der Waals surface area contributed by atoms with Gasteiger partial charge in [0.05, 0.1) is 23.2 Å². The normalized spacial score (nSPS) is 21.1. The number of hydrogen-bond donors (Lipinski definition) is 1. The van der Waals surface area contributed by atoms with E-state index < -0.39 is 23.5 Å². The van der Waals surface area contributed by atoms with Crippen LogP contribution in [0.25, 0.3) is 5.76 Å². The lowest BCUT2D eigenvalue weighted by atomic mass is 9.94.